The topological polar surface area (TPSA) is 90.7 Å². The highest BCUT2D eigenvalue weighted by molar-refractivity contribution is 8.00. The average Bonchev–Trinajstić information content (AvgIpc) is 2.60. The number of hydrogen-bond acceptors (Lipinski definition) is 5. The maximum Gasteiger partial charge on any atom is 0.228 e. The molecule has 0 radical (unpaired) electrons. The fourth-order valence-corrected chi connectivity index (χ4v) is 3.17. The summed E-state index contributed by atoms with van der Waals surface area (Å²) in [6.07, 6.45) is 0.214. The normalized spacial score (nSPS) is 12.5. The largest absolute Gasteiger partial charge is 0.486 e. The molecule has 1 aliphatic rings. The summed E-state index contributed by atoms with van der Waals surface area (Å²) in [5, 5.41) is 2.88. The van der Waals surface area contributed by atoms with E-state index in [-0.39, 0.29) is 18.1 Å². The Balaban J connectivity index is 1.66. The van der Waals surface area contributed by atoms with Crippen LogP contribution >= 0.6 is 11.8 Å². The van der Waals surface area contributed by atoms with E-state index in [2.05, 4.69) is 5.32 Å². The number of carbonyl (C=O) groups excluding carboxylic acids is 2. The number of para-hydroxylation sites is 1. The van der Waals surface area contributed by atoms with Crippen LogP contribution in [0.3, 0.4) is 0 Å². The molecule has 130 valence electrons. The van der Waals surface area contributed by atoms with Gasteiger partial charge in [0, 0.05) is 4.90 Å². The number of nitrogens with two attached hydrogens (primary N) is 1. The van der Waals surface area contributed by atoms with Crippen LogP contribution in [-0.2, 0) is 16.0 Å². The van der Waals surface area contributed by atoms with Crippen molar-refractivity contribution in [1.82, 2.24) is 0 Å². The van der Waals surface area contributed by atoms with Gasteiger partial charge in [-0.2, -0.15) is 0 Å². The number of carbonyl (C=O) groups is 2. The van der Waals surface area contributed by atoms with Crippen LogP contribution in [0, 0.1) is 0 Å². The highest BCUT2D eigenvalue weighted by Gasteiger charge is 2.14. The quantitative estimate of drug-likeness (QED) is 0.773. The van der Waals surface area contributed by atoms with E-state index in [1.165, 1.54) is 11.8 Å². The highest BCUT2D eigenvalue weighted by Crippen LogP contribution is 2.31. The molecule has 0 saturated carbocycles. The zero-order valence-electron chi connectivity index (χ0n) is 13.5. The van der Waals surface area contributed by atoms with Gasteiger partial charge in [-0.1, -0.05) is 18.2 Å². The number of primary amides is 1. The maximum atomic E-state index is 12.4. The van der Waals surface area contributed by atoms with Crippen LogP contribution in [0.25, 0.3) is 0 Å². The predicted octanol–water partition coefficient (Wildman–Crippen LogP) is 2.22. The van der Waals surface area contributed by atoms with E-state index < -0.39 is 5.91 Å². The molecule has 3 N–H and O–H groups in total. The second kappa shape index (κ2) is 7.94. The fourth-order valence-electron chi connectivity index (χ4n) is 2.42. The third-order valence-corrected chi connectivity index (χ3v) is 4.60. The number of amides is 2. The van der Waals surface area contributed by atoms with Gasteiger partial charge in [-0.25, -0.2) is 0 Å². The molecular formula is C18H18N2O4S. The van der Waals surface area contributed by atoms with Crippen LogP contribution in [0.5, 0.6) is 11.5 Å². The average molecular weight is 358 g/mol. The molecule has 0 unspecified atom stereocenters. The second-order valence-electron chi connectivity index (χ2n) is 5.45. The van der Waals surface area contributed by atoms with E-state index in [1.54, 1.807) is 6.07 Å². The Bertz CT molecular complexity index is 794. The highest BCUT2D eigenvalue weighted by atomic mass is 32.2. The lowest BCUT2D eigenvalue weighted by Gasteiger charge is -2.18. The number of rotatable bonds is 6. The lowest BCUT2D eigenvalue weighted by molar-refractivity contribution is -0.116. The lowest BCUT2D eigenvalue weighted by atomic mass is 10.1. The van der Waals surface area contributed by atoms with E-state index in [0.717, 1.165) is 10.5 Å². The summed E-state index contributed by atoms with van der Waals surface area (Å²) in [6.45, 7) is 1.04. The van der Waals surface area contributed by atoms with Gasteiger partial charge in [-0.3, -0.25) is 9.59 Å². The summed E-state index contributed by atoms with van der Waals surface area (Å²) in [7, 11) is 0. The van der Waals surface area contributed by atoms with Crippen molar-refractivity contribution in [2.75, 3.05) is 24.3 Å². The first kappa shape index (κ1) is 17.2. The van der Waals surface area contributed by atoms with Gasteiger partial charge in [-0.05, 0) is 29.8 Å². The molecule has 0 fully saturated rings. The minimum absolute atomic E-state index is 0.149. The summed E-state index contributed by atoms with van der Waals surface area (Å²) in [6, 6.07) is 12.8. The maximum absolute atomic E-state index is 12.4. The molecule has 0 aromatic heterocycles. The van der Waals surface area contributed by atoms with Gasteiger partial charge in [0.1, 0.15) is 13.2 Å². The minimum Gasteiger partial charge on any atom is -0.486 e. The van der Waals surface area contributed by atoms with Crippen molar-refractivity contribution < 1.29 is 19.1 Å². The van der Waals surface area contributed by atoms with E-state index in [9.17, 15) is 9.59 Å². The SMILES string of the molecule is NC(=O)CSc1ccccc1NC(=O)Cc1ccc2c(c1)OCCO2. The third-order valence-electron chi connectivity index (χ3n) is 3.50. The number of thioether (sulfide) groups is 1. The van der Waals surface area contributed by atoms with Crippen molar-refractivity contribution in [3.63, 3.8) is 0 Å². The molecular weight excluding hydrogens is 340 g/mol. The van der Waals surface area contributed by atoms with E-state index >= 15 is 0 Å². The number of ether oxygens (including phenoxy) is 2. The molecule has 0 bridgehead atoms. The van der Waals surface area contributed by atoms with Gasteiger partial charge in [0.05, 0.1) is 17.9 Å². The summed E-state index contributed by atoms with van der Waals surface area (Å²) in [5.74, 6) is 0.971. The Morgan fingerprint density at radius 3 is 2.64 bits per heavy atom. The molecule has 7 heteroatoms. The van der Waals surface area contributed by atoms with Crippen LogP contribution in [-0.4, -0.2) is 30.8 Å². The fraction of sp³-hybridized carbons (Fsp3) is 0.222. The second-order valence-corrected chi connectivity index (χ2v) is 6.47. The Morgan fingerprint density at radius 1 is 1.08 bits per heavy atom. The van der Waals surface area contributed by atoms with Gasteiger partial charge >= 0.3 is 0 Å². The molecule has 0 saturated heterocycles. The molecule has 2 aromatic rings. The molecule has 1 aliphatic heterocycles. The molecule has 25 heavy (non-hydrogen) atoms. The molecule has 0 atom stereocenters. The molecule has 2 amide bonds. The lowest BCUT2D eigenvalue weighted by Crippen LogP contribution is -2.17. The van der Waals surface area contributed by atoms with Gasteiger partial charge in [0.25, 0.3) is 0 Å². The molecule has 6 nitrogen and oxygen atoms in total. The number of hydrogen-bond donors (Lipinski definition) is 2. The van der Waals surface area contributed by atoms with Crippen molar-refractivity contribution in [3.8, 4) is 11.5 Å². The van der Waals surface area contributed by atoms with Crippen LogP contribution in [0.4, 0.5) is 5.69 Å². The molecule has 0 aliphatic carbocycles. The Morgan fingerprint density at radius 2 is 1.84 bits per heavy atom. The predicted molar refractivity (Wildman–Crippen MR) is 96.1 cm³/mol. The summed E-state index contributed by atoms with van der Waals surface area (Å²) in [4.78, 5) is 24.1. The standard InChI is InChI=1S/C18H18N2O4S/c19-17(21)11-25-16-4-2-1-3-13(16)20-18(22)10-12-5-6-14-15(9-12)24-8-7-23-14/h1-6,9H,7-8,10-11H2,(H2,19,21)(H,20,22). The summed E-state index contributed by atoms with van der Waals surface area (Å²) in [5.41, 5.74) is 6.68. The van der Waals surface area contributed by atoms with Crippen molar-refractivity contribution in [2.24, 2.45) is 5.73 Å². The number of anilines is 1. The first-order valence-electron chi connectivity index (χ1n) is 7.80. The van der Waals surface area contributed by atoms with Crippen molar-refractivity contribution >= 4 is 29.3 Å². The Kier molecular flexibility index (Phi) is 5.45. The van der Waals surface area contributed by atoms with E-state index in [1.807, 2.05) is 36.4 Å². The van der Waals surface area contributed by atoms with Gasteiger partial charge in [0.15, 0.2) is 11.5 Å². The number of nitrogens with one attached hydrogen (secondary N) is 1. The Hall–Kier alpha value is -2.67. The van der Waals surface area contributed by atoms with Crippen molar-refractivity contribution in [2.45, 2.75) is 11.3 Å². The van der Waals surface area contributed by atoms with Crippen LogP contribution in [0.1, 0.15) is 5.56 Å². The molecule has 2 aromatic carbocycles. The van der Waals surface area contributed by atoms with Gasteiger partial charge < -0.3 is 20.5 Å². The van der Waals surface area contributed by atoms with E-state index in [4.69, 9.17) is 15.2 Å². The van der Waals surface area contributed by atoms with Crippen LogP contribution in [0.15, 0.2) is 47.4 Å². The zero-order chi connectivity index (χ0) is 17.6. The smallest absolute Gasteiger partial charge is 0.228 e. The zero-order valence-corrected chi connectivity index (χ0v) is 14.3. The van der Waals surface area contributed by atoms with Gasteiger partial charge in [0.2, 0.25) is 11.8 Å². The van der Waals surface area contributed by atoms with Crippen LogP contribution in [0.2, 0.25) is 0 Å². The van der Waals surface area contributed by atoms with Crippen LogP contribution < -0.4 is 20.5 Å². The minimum atomic E-state index is -0.401. The summed E-state index contributed by atoms with van der Waals surface area (Å²) >= 11 is 1.30. The first-order valence-corrected chi connectivity index (χ1v) is 8.79. The van der Waals surface area contributed by atoms with E-state index in [0.29, 0.717) is 30.4 Å². The number of benzene rings is 2. The Labute approximate surface area is 149 Å². The van der Waals surface area contributed by atoms with Gasteiger partial charge in [-0.15, -0.1) is 11.8 Å². The van der Waals surface area contributed by atoms with Crippen molar-refractivity contribution in [3.05, 3.63) is 48.0 Å². The summed E-state index contributed by atoms with van der Waals surface area (Å²) < 4.78 is 11.0. The third kappa shape index (κ3) is 4.67. The molecule has 3 rings (SSSR count). The molecule has 0 spiro atoms. The first-order chi connectivity index (χ1) is 12.1. The van der Waals surface area contributed by atoms with Crippen molar-refractivity contribution in [1.29, 1.82) is 0 Å². The monoisotopic (exact) mass is 358 g/mol. The molecule has 1 heterocycles. The number of fused-ring (bicyclic) bond motifs is 1.